The Morgan fingerprint density at radius 2 is 1.93 bits per heavy atom. The largest absolute Gasteiger partial charge is 0.417 e. The molecule has 0 amide bonds. The average Bonchev–Trinajstić information content (AvgIpc) is 2.01. The smallest absolute Gasteiger partial charge is 0.166 e. The van der Waals surface area contributed by atoms with Crippen molar-refractivity contribution in [2.24, 2.45) is 0 Å². The van der Waals surface area contributed by atoms with Gasteiger partial charge < -0.3 is 0 Å². The van der Waals surface area contributed by atoms with Crippen LogP contribution in [0.5, 0.6) is 0 Å². The van der Waals surface area contributed by atoms with Crippen LogP contribution in [-0.4, -0.2) is 0 Å². The molecular weight excluding hydrogens is 236 g/mol. The summed E-state index contributed by atoms with van der Waals surface area (Å²) in [6, 6.07) is 5.09. The van der Waals surface area contributed by atoms with E-state index >= 15 is 0 Å². The number of halogens is 5. The van der Waals surface area contributed by atoms with E-state index in [1.54, 1.807) is 0 Å². The van der Waals surface area contributed by atoms with Crippen molar-refractivity contribution in [2.75, 3.05) is 0 Å². The summed E-state index contributed by atoms with van der Waals surface area (Å²) in [6.45, 7) is 1.36. The Hall–Kier alpha value is -0.410. The van der Waals surface area contributed by atoms with Gasteiger partial charge in [-0.15, -0.1) is 23.2 Å². The summed E-state index contributed by atoms with van der Waals surface area (Å²) in [4.78, 5) is -1.22. The van der Waals surface area contributed by atoms with E-state index in [-0.39, 0.29) is 11.1 Å². The topological polar surface area (TPSA) is 0 Å². The van der Waals surface area contributed by atoms with E-state index < -0.39 is 16.6 Å². The molecule has 0 spiro atoms. The Morgan fingerprint density at radius 1 is 1.36 bits per heavy atom. The first-order valence-corrected chi connectivity index (χ1v) is 4.58. The summed E-state index contributed by atoms with van der Waals surface area (Å²) in [6.07, 6.45) is -4.45. The molecule has 1 aromatic rings. The van der Waals surface area contributed by atoms with E-state index in [1.165, 1.54) is 19.1 Å². The first-order valence-electron chi connectivity index (χ1n) is 3.70. The molecule has 1 rings (SSSR count). The van der Waals surface area contributed by atoms with Gasteiger partial charge in [0.15, 0.2) is 0 Å². The molecular formula is C9H6Cl2F3. The van der Waals surface area contributed by atoms with Crippen LogP contribution < -0.4 is 0 Å². The van der Waals surface area contributed by atoms with Crippen molar-refractivity contribution in [2.45, 2.75) is 17.9 Å². The molecule has 0 N–H and O–H groups in total. The Labute approximate surface area is 89.6 Å². The molecule has 0 nitrogen and oxygen atoms in total. The van der Waals surface area contributed by atoms with Gasteiger partial charge >= 0.3 is 6.18 Å². The van der Waals surface area contributed by atoms with Gasteiger partial charge in [-0.3, -0.25) is 0 Å². The highest BCUT2D eigenvalue weighted by molar-refractivity contribution is 6.44. The Bertz CT molecular complexity index is 331. The third-order valence-electron chi connectivity index (χ3n) is 1.74. The van der Waals surface area contributed by atoms with Gasteiger partial charge in [-0.1, -0.05) is 12.1 Å². The van der Waals surface area contributed by atoms with Crippen molar-refractivity contribution >= 4 is 23.2 Å². The molecule has 0 aliphatic rings. The zero-order valence-electron chi connectivity index (χ0n) is 7.12. The lowest BCUT2D eigenvalue weighted by Gasteiger charge is -2.15. The maximum absolute atomic E-state index is 12.5. The molecule has 0 unspecified atom stereocenters. The molecule has 0 aromatic heterocycles. The lowest BCUT2D eigenvalue weighted by atomic mass is 10.0. The van der Waals surface area contributed by atoms with Crippen molar-refractivity contribution in [1.82, 2.24) is 0 Å². The van der Waals surface area contributed by atoms with Crippen LogP contribution in [0.25, 0.3) is 0 Å². The second-order valence-corrected chi connectivity index (χ2v) is 3.84. The van der Waals surface area contributed by atoms with Gasteiger partial charge in [0.2, 0.25) is 0 Å². The van der Waals surface area contributed by atoms with Crippen molar-refractivity contribution in [1.29, 1.82) is 0 Å². The number of alkyl halides is 5. The molecule has 14 heavy (non-hydrogen) atoms. The summed E-state index contributed by atoms with van der Waals surface area (Å²) in [7, 11) is 0. The minimum atomic E-state index is -4.45. The summed E-state index contributed by atoms with van der Waals surface area (Å²) in [5.41, 5.74) is -0.923. The van der Waals surface area contributed by atoms with Gasteiger partial charge in [-0.25, -0.2) is 0 Å². The molecule has 1 aromatic carbocycles. The van der Waals surface area contributed by atoms with E-state index in [4.69, 9.17) is 23.2 Å². The van der Waals surface area contributed by atoms with E-state index in [2.05, 4.69) is 6.07 Å². The van der Waals surface area contributed by atoms with E-state index in [0.29, 0.717) is 0 Å². The summed E-state index contributed by atoms with van der Waals surface area (Å²) in [5, 5.41) is 0. The molecule has 1 radical (unpaired) electrons. The third-order valence-corrected chi connectivity index (χ3v) is 2.17. The van der Waals surface area contributed by atoms with Crippen LogP contribution in [0.3, 0.4) is 0 Å². The molecule has 5 heteroatoms. The third kappa shape index (κ3) is 2.34. The molecule has 0 heterocycles. The molecule has 0 aliphatic carbocycles. The SMILES string of the molecule is Cc1cc[c]c(C(Cl)Cl)c1C(F)(F)F. The van der Waals surface area contributed by atoms with E-state index in [1.807, 2.05) is 0 Å². The lowest BCUT2D eigenvalue weighted by Crippen LogP contribution is -2.11. The number of aryl methyl sites for hydroxylation is 1. The van der Waals surface area contributed by atoms with Crippen LogP contribution in [0, 0.1) is 13.0 Å². The molecule has 0 atom stereocenters. The van der Waals surface area contributed by atoms with Crippen molar-refractivity contribution in [3.05, 3.63) is 34.9 Å². The number of hydrogen-bond acceptors (Lipinski definition) is 0. The first kappa shape index (κ1) is 11.7. The highest BCUT2D eigenvalue weighted by atomic mass is 35.5. The number of hydrogen-bond donors (Lipinski definition) is 0. The average molecular weight is 242 g/mol. The van der Waals surface area contributed by atoms with Crippen LogP contribution in [0.4, 0.5) is 13.2 Å². The van der Waals surface area contributed by atoms with Gasteiger partial charge in [0.05, 0.1) is 5.56 Å². The van der Waals surface area contributed by atoms with Crippen LogP contribution in [-0.2, 0) is 6.18 Å². The highest BCUT2D eigenvalue weighted by Gasteiger charge is 2.36. The maximum atomic E-state index is 12.5. The van der Waals surface area contributed by atoms with Crippen LogP contribution in [0.2, 0.25) is 0 Å². The molecule has 0 aliphatic heterocycles. The quantitative estimate of drug-likeness (QED) is 0.644. The van der Waals surface area contributed by atoms with Crippen molar-refractivity contribution < 1.29 is 13.2 Å². The van der Waals surface area contributed by atoms with Crippen molar-refractivity contribution in [3.8, 4) is 0 Å². The molecule has 0 saturated heterocycles. The van der Waals surface area contributed by atoms with E-state index in [0.717, 1.165) is 0 Å². The zero-order valence-corrected chi connectivity index (χ0v) is 8.63. The summed E-state index contributed by atoms with van der Waals surface area (Å²) >= 11 is 10.8. The summed E-state index contributed by atoms with van der Waals surface area (Å²) < 4.78 is 37.6. The molecule has 0 saturated carbocycles. The van der Waals surface area contributed by atoms with Crippen LogP contribution >= 0.6 is 23.2 Å². The van der Waals surface area contributed by atoms with Gasteiger partial charge in [0.25, 0.3) is 0 Å². The fraction of sp³-hybridized carbons (Fsp3) is 0.333. The zero-order chi connectivity index (χ0) is 10.9. The predicted molar refractivity (Wildman–Crippen MR) is 49.5 cm³/mol. The lowest BCUT2D eigenvalue weighted by molar-refractivity contribution is -0.138. The van der Waals surface area contributed by atoms with Crippen LogP contribution in [0.1, 0.15) is 21.5 Å². The predicted octanol–water partition coefficient (Wildman–Crippen LogP) is 4.29. The number of benzene rings is 1. The second kappa shape index (κ2) is 3.99. The number of rotatable bonds is 1. The fourth-order valence-electron chi connectivity index (χ4n) is 1.17. The standard InChI is InChI=1S/C9H6Cl2F3/c1-5-3-2-4-6(8(10)11)7(5)9(12,13)14/h2-3,8H,1H3. The van der Waals surface area contributed by atoms with Crippen molar-refractivity contribution in [3.63, 3.8) is 0 Å². The highest BCUT2D eigenvalue weighted by Crippen LogP contribution is 2.39. The molecule has 77 valence electrons. The van der Waals surface area contributed by atoms with Gasteiger partial charge in [-0.05, 0) is 18.6 Å². The molecule has 0 fully saturated rings. The molecule has 0 bridgehead atoms. The monoisotopic (exact) mass is 241 g/mol. The Morgan fingerprint density at radius 3 is 2.29 bits per heavy atom. The Balaban J connectivity index is 3.38. The van der Waals surface area contributed by atoms with Crippen LogP contribution in [0.15, 0.2) is 12.1 Å². The fourth-order valence-corrected chi connectivity index (χ4v) is 1.52. The van der Waals surface area contributed by atoms with Gasteiger partial charge in [-0.2, -0.15) is 13.2 Å². The maximum Gasteiger partial charge on any atom is 0.417 e. The normalized spacial score (nSPS) is 12.2. The second-order valence-electron chi connectivity index (χ2n) is 2.75. The summed E-state index contributed by atoms with van der Waals surface area (Å²) in [5.74, 6) is 0. The minimum Gasteiger partial charge on any atom is -0.166 e. The van der Waals surface area contributed by atoms with Gasteiger partial charge in [0.1, 0.15) is 4.84 Å². The van der Waals surface area contributed by atoms with E-state index in [9.17, 15) is 13.2 Å². The minimum absolute atomic E-state index is 0.0950. The van der Waals surface area contributed by atoms with Gasteiger partial charge in [0, 0.05) is 5.56 Å². The Kier molecular flexibility index (Phi) is 3.32. The first-order chi connectivity index (χ1) is 6.34.